The molecule has 0 fully saturated rings. The fraction of sp³-hybridized carbons (Fsp3) is 0.103. The predicted molar refractivity (Wildman–Crippen MR) is 191 cm³/mol. The molecule has 1 atom stereocenters. The molecule has 5 aromatic rings. The maximum absolute atomic E-state index is 13.6. The molecule has 0 saturated heterocycles. The van der Waals surface area contributed by atoms with Crippen molar-refractivity contribution in [1.82, 2.24) is 5.32 Å². The molecule has 0 radical (unpaired) electrons. The average molecular weight is 658 g/mol. The highest BCUT2D eigenvalue weighted by atomic mass is 32.2. The van der Waals surface area contributed by atoms with Crippen molar-refractivity contribution in [2.24, 2.45) is 0 Å². The van der Waals surface area contributed by atoms with Crippen LogP contribution in [-0.4, -0.2) is 31.4 Å². The van der Waals surface area contributed by atoms with E-state index in [2.05, 4.69) is 16.0 Å². The number of anilines is 2. The summed E-state index contributed by atoms with van der Waals surface area (Å²) in [4.78, 5) is 40.9. The van der Waals surface area contributed by atoms with Gasteiger partial charge in [0.1, 0.15) is 22.4 Å². The van der Waals surface area contributed by atoms with Crippen molar-refractivity contribution in [2.75, 3.05) is 24.4 Å². The first-order valence-electron chi connectivity index (χ1n) is 15.3. The van der Waals surface area contributed by atoms with E-state index in [9.17, 15) is 14.4 Å². The maximum atomic E-state index is 13.6. The Morgan fingerprint density at radius 2 is 1.40 bits per heavy atom. The first-order chi connectivity index (χ1) is 23.4. The first kappa shape index (κ1) is 33.6. The number of hydrogen-bond donors (Lipinski definition) is 3. The standard InChI is InChI=1S/C39H35N3O5S/c1-3-47-31-22-18-27(19-23-31)26-34(42-37(43)29-14-8-5-9-15-29)38(44)40-30-20-24-32(25-21-30)48-36(28-12-6-4-7-13-28)39(45)41-33-16-10-11-17-35(33)46-2/h4-26,36H,3H2,1-2H3,(H,40,44)(H,41,45)(H,42,43)/b34-26-. The van der Waals surface area contributed by atoms with Gasteiger partial charge in [0.25, 0.3) is 11.8 Å². The molecule has 5 aromatic carbocycles. The summed E-state index contributed by atoms with van der Waals surface area (Å²) in [6, 6.07) is 39.9. The van der Waals surface area contributed by atoms with Crippen molar-refractivity contribution in [1.29, 1.82) is 0 Å². The maximum Gasteiger partial charge on any atom is 0.272 e. The highest BCUT2D eigenvalue weighted by molar-refractivity contribution is 8.00. The third kappa shape index (κ3) is 9.14. The monoisotopic (exact) mass is 657 g/mol. The van der Waals surface area contributed by atoms with Crippen molar-refractivity contribution >= 4 is 46.9 Å². The smallest absolute Gasteiger partial charge is 0.272 e. The topological polar surface area (TPSA) is 106 Å². The van der Waals surface area contributed by atoms with Crippen LogP contribution in [0.4, 0.5) is 11.4 Å². The summed E-state index contributed by atoms with van der Waals surface area (Å²) in [5, 5.41) is 8.08. The SMILES string of the molecule is CCOc1ccc(/C=C(\NC(=O)c2ccccc2)C(=O)Nc2ccc(SC(C(=O)Nc3ccccc3OC)c3ccccc3)cc2)cc1. The lowest BCUT2D eigenvalue weighted by atomic mass is 10.1. The zero-order chi connectivity index (χ0) is 33.7. The highest BCUT2D eigenvalue weighted by Crippen LogP contribution is 2.37. The van der Waals surface area contributed by atoms with E-state index in [4.69, 9.17) is 9.47 Å². The van der Waals surface area contributed by atoms with Gasteiger partial charge in [0.2, 0.25) is 5.91 Å². The Balaban J connectivity index is 1.33. The minimum absolute atomic E-state index is 0.0728. The van der Waals surface area contributed by atoms with Gasteiger partial charge in [-0.2, -0.15) is 0 Å². The molecule has 48 heavy (non-hydrogen) atoms. The Bertz CT molecular complexity index is 1860. The summed E-state index contributed by atoms with van der Waals surface area (Å²) < 4.78 is 10.9. The summed E-state index contributed by atoms with van der Waals surface area (Å²) in [5.41, 5.74) is 3.15. The molecule has 0 heterocycles. The van der Waals surface area contributed by atoms with Crippen LogP contribution in [0.1, 0.15) is 33.7 Å². The Hall–Kier alpha value is -5.80. The van der Waals surface area contributed by atoms with Crippen molar-refractivity contribution in [3.63, 3.8) is 0 Å². The normalized spacial score (nSPS) is 11.6. The number of amides is 3. The molecular weight excluding hydrogens is 623 g/mol. The van der Waals surface area contributed by atoms with Gasteiger partial charge >= 0.3 is 0 Å². The van der Waals surface area contributed by atoms with Crippen molar-refractivity contribution in [3.8, 4) is 11.5 Å². The third-order valence-corrected chi connectivity index (χ3v) is 8.37. The Labute approximate surface area is 284 Å². The Morgan fingerprint density at radius 1 is 0.750 bits per heavy atom. The number of ether oxygens (including phenoxy) is 2. The summed E-state index contributed by atoms with van der Waals surface area (Å²) in [7, 11) is 1.56. The number of nitrogens with one attached hydrogen (secondary N) is 3. The number of para-hydroxylation sites is 2. The van der Waals surface area contributed by atoms with E-state index in [1.807, 2.05) is 79.7 Å². The van der Waals surface area contributed by atoms with Crippen LogP contribution < -0.4 is 25.4 Å². The Kier molecular flexibility index (Phi) is 11.7. The largest absolute Gasteiger partial charge is 0.495 e. The molecule has 5 rings (SSSR count). The van der Waals surface area contributed by atoms with Gasteiger partial charge in [-0.25, -0.2) is 0 Å². The fourth-order valence-electron chi connectivity index (χ4n) is 4.73. The summed E-state index contributed by atoms with van der Waals surface area (Å²) in [6.07, 6.45) is 1.61. The molecule has 8 nitrogen and oxygen atoms in total. The van der Waals surface area contributed by atoms with Crippen molar-refractivity contribution in [3.05, 3.63) is 156 Å². The van der Waals surface area contributed by atoms with Crippen molar-refractivity contribution < 1.29 is 23.9 Å². The van der Waals surface area contributed by atoms with Crippen LogP contribution >= 0.6 is 11.8 Å². The minimum Gasteiger partial charge on any atom is -0.495 e. The third-order valence-electron chi connectivity index (χ3n) is 7.10. The van der Waals surface area contributed by atoms with E-state index >= 15 is 0 Å². The van der Waals surface area contributed by atoms with Gasteiger partial charge in [-0.15, -0.1) is 11.8 Å². The molecule has 0 aliphatic heterocycles. The minimum atomic E-state index is -0.562. The van der Waals surface area contributed by atoms with E-state index in [0.29, 0.717) is 40.6 Å². The Morgan fingerprint density at radius 3 is 2.06 bits per heavy atom. The number of carbonyl (C=O) groups is 3. The molecule has 0 aliphatic rings. The van der Waals surface area contributed by atoms with Gasteiger partial charge in [-0.05, 0) is 84.8 Å². The number of hydrogen-bond acceptors (Lipinski definition) is 6. The molecule has 3 amide bonds. The molecule has 3 N–H and O–H groups in total. The van der Waals surface area contributed by atoms with Crippen LogP contribution in [0, 0.1) is 0 Å². The van der Waals surface area contributed by atoms with Crippen LogP contribution in [-0.2, 0) is 9.59 Å². The number of methoxy groups -OCH3 is 1. The van der Waals surface area contributed by atoms with Crippen LogP contribution in [0.5, 0.6) is 11.5 Å². The van der Waals surface area contributed by atoms with E-state index in [1.165, 1.54) is 11.8 Å². The molecule has 0 spiro atoms. The molecular formula is C39H35N3O5S. The van der Waals surface area contributed by atoms with E-state index in [0.717, 1.165) is 10.5 Å². The average Bonchev–Trinajstić information content (AvgIpc) is 3.12. The fourth-order valence-corrected chi connectivity index (χ4v) is 5.76. The lowest BCUT2D eigenvalue weighted by molar-refractivity contribution is -0.116. The van der Waals surface area contributed by atoms with Gasteiger partial charge in [0.15, 0.2) is 0 Å². The van der Waals surface area contributed by atoms with Crippen LogP contribution in [0.25, 0.3) is 6.08 Å². The number of benzene rings is 5. The van der Waals surface area contributed by atoms with Gasteiger partial charge in [0.05, 0.1) is 19.4 Å². The number of carbonyl (C=O) groups excluding carboxylic acids is 3. The van der Waals surface area contributed by atoms with E-state index in [-0.39, 0.29) is 11.6 Å². The second kappa shape index (κ2) is 16.7. The lowest BCUT2D eigenvalue weighted by Crippen LogP contribution is -2.30. The molecule has 9 heteroatoms. The van der Waals surface area contributed by atoms with Gasteiger partial charge < -0.3 is 25.4 Å². The molecule has 0 bridgehead atoms. The van der Waals surface area contributed by atoms with Gasteiger partial charge in [-0.1, -0.05) is 72.8 Å². The molecule has 0 aromatic heterocycles. The summed E-state index contributed by atoms with van der Waals surface area (Å²) >= 11 is 1.38. The van der Waals surface area contributed by atoms with Gasteiger partial charge in [0, 0.05) is 16.1 Å². The zero-order valence-corrected chi connectivity index (χ0v) is 27.3. The van der Waals surface area contributed by atoms with Crippen molar-refractivity contribution in [2.45, 2.75) is 17.1 Å². The van der Waals surface area contributed by atoms with Gasteiger partial charge in [-0.3, -0.25) is 14.4 Å². The summed E-state index contributed by atoms with van der Waals surface area (Å²) in [5.74, 6) is 0.170. The van der Waals surface area contributed by atoms with Crippen LogP contribution in [0.15, 0.2) is 144 Å². The van der Waals surface area contributed by atoms with Crippen LogP contribution in [0.2, 0.25) is 0 Å². The molecule has 242 valence electrons. The molecule has 0 saturated carbocycles. The predicted octanol–water partition coefficient (Wildman–Crippen LogP) is 7.98. The van der Waals surface area contributed by atoms with Crippen LogP contribution in [0.3, 0.4) is 0 Å². The second-order valence-corrected chi connectivity index (χ2v) is 11.6. The first-order valence-corrected chi connectivity index (χ1v) is 16.2. The second-order valence-electron chi connectivity index (χ2n) is 10.5. The summed E-state index contributed by atoms with van der Waals surface area (Å²) in [6.45, 7) is 2.44. The zero-order valence-electron chi connectivity index (χ0n) is 26.5. The highest BCUT2D eigenvalue weighted by Gasteiger charge is 2.23. The number of rotatable bonds is 13. The number of thioether (sulfide) groups is 1. The van der Waals surface area contributed by atoms with E-state index in [1.54, 1.807) is 73.8 Å². The quantitative estimate of drug-likeness (QED) is 0.0876. The molecule has 0 aliphatic carbocycles. The lowest BCUT2D eigenvalue weighted by Gasteiger charge is -2.18. The van der Waals surface area contributed by atoms with E-state index < -0.39 is 17.1 Å². The molecule has 1 unspecified atom stereocenters.